The fourth-order valence-electron chi connectivity index (χ4n) is 5.73. The molecule has 5 nitrogen and oxygen atoms in total. The molecular formula is C30H32Cl4N4O. The summed E-state index contributed by atoms with van der Waals surface area (Å²) in [6.45, 7) is 5.50. The second-order valence-electron chi connectivity index (χ2n) is 10.5. The molecule has 206 valence electrons. The molecular weight excluding hydrogens is 574 g/mol. The predicted octanol–water partition coefficient (Wildman–Crippen LogP) is 7.75. The number of carbonyl (C=O) groups excluding carboxylic acids is 1. The number of pyridine rings is 1. The smallest absolute Gasteiger partial charge is 0.253 e. The summed E-state index contributed by atoms with van der Waals surface area (Å²) in [6, 6.07) is 15.2. The summed E-state index contributed by atoms with van der Waals surface area (Å²) >= 11 is 24.7. The summed E-state index contributed by atoms with van der Waals surface area (Å²) < 4.78 is 0. The van der Waals surface area contributed by atoms with Gasteiger partial charge >= 0.3 is 0 Å². The molecule has 1 N–H and O–H groups in total. The van der Waals surface area contributed by atoms with Crippen LogP contribution in [-0.4, -0.2) is 42.0 Å². The highest BCUT2D eigenvalue weighted by atomic mass is 35.5. The van der Waals surface area contributed by atoms with Crippen molar-refractivity contribution in [3.05, 3.63) is 91.5 Å². The molecule has 5 rings (SSSR count). The van der Waals surface area contributed by atoms with Crippen LogP contribution in [-0.2, 0) is 13.1 Å². The van der Waals surface area contributed by atoms with Gasteiger partial charge in [-0.1, -0.05) is 64.6 Å². The lowest BCUT2D eigenvalue weighted by atomic mass is 9.78. The minimum atomic E-state index is -0.233. The third-order valence-corrected chi connectivity index (χ3v) is 9.25. The maximum atomic E-state index is 12.7. The van der Waals surface area contributed by atoms with Crippen LogP contribution in [0.1, 0.15) is 47.2 Å². The van der Waals surface area contributed by atoms with Gasteiger partial charge in [0.2, 0.25) is 0 Å². The molecule has 0 bridgehead atoms. The van der Waals surface area contributed by atoms with Gasteiger partial charge in [-0.2, -0.15) is 0 Å². The number of benzene rings is 2. The fraction of sp³-hybridized carbons (Fsp3) is 0.400. The van der Waals surface area contributed by atoms with E-state index in [1.807, 2.05) is 18.2 Å². The van der Waals surface area contributed by atoms with E-state index in [4.69, 9.17) is 46.4 Å². The zero-order valence-corrected chi connectivity index (χ0v) is 24.7. The van der Waals surface area contributed by atoms with E-state index in [9.17, 15) is 4.79 Å². The Morgan fingerprint density at radius 3 is 2.08 bits per heavy atom. The molecule has 39 heavy (non-hydrogen) atoms. The van der Waals surface area contributed by atoms with Crippen LogP contribution in [0.25, 0.3) is 0 Å². The van der Waals surface area contributed by atoms with Gasteiger partial charge in [0.05, 0.1) is 20.6 Å². The first kappa shape index (κ1) is 28.5. The lowest BCUT2D eigenvalue weighted by Crippen LogP contribution is -2.41. The first-order valence-corrected chi connectivity index (χ1v) is 15.0. The molecule has 2 saturated heterocycles. The number of aromatic nitrogens is 1. The number of rotatable bonds is 7. The predicted molar refractivity (Wildman–Crippen MR) is 161 cm³/mol. The molecule has 0 unspecified atom stereocenters. The quantitative estimate of drug-likeness (QED) is 0.299. The van der Waals surface area contributed by atoms with E-state index < -0.39 is 0 Å². The van der Waals surface area contributed by atoms with Gasteiger partial charge in [-0.05, 0) is 92.1 Å². The maximum Gasteiger partial charge on any atom is 0.253 e. The Morgan fingerprint density at radius 2 is 1.44 bits per heavy atom. The summed E-state index contributed by atoms with van der Waals surface area (Å²) in [7, 11) is 0. The molecule has 0 radical (unpaired) electrons. The lowest BCUT2D eigenvalue weighted by molar-refractivity contribution is 0.0950. The van der Waals surface area contributed by atoms with E-state index >= 15 is 0 Å². The van der Waals surface area contributed by atoms with Crippen molar-refractivity contribution in [3.63, 3.8) is 0 Å². The van der Waals surface area contributed by atoms with Crippen LogP contribution in [0.2, 0.25) is 20.1 Å². The molecule has 3 heterocycles. The zero-order chi connectivity index (χ0) is 27.4. The summed E-state index contributed by atoms with van der Waals surface area (Å²) in [5.74, 6) is 2.04. The Kier molecular flexibility index (Phi) is 9.57. The van der Waals surface area contributed by atoms with E-state index in [0.717, 1.165) is 73.8 Å². The minimum Gasteiger partial charge on any atom is -0.355 e. The molecule has 2 aliphatic heterocycles. The molecule has 1 amide bonds. The van der Waals surface area contributed by atoms with Crippen LogP contribution < -0.4 is 10.2 Å². The molecule has 0 atom stereocenters. The number of hydrogen-bond acceptors (Lipinski definition) is 4. The van der Waals surface area contributed by atoms with Crippen molar-refractivity contribution < 1.29 is 4.79 Å². The first-order chi connectivity index (χ1) is 18.9. The van der Waals surface area contributed by atoms with E-state index in [1.165, 1.54) is 18.4 Å². The summed E-state index contributed by atoms with van der Waals surface area (Å²) in [5.41, 5.74) is 2.62. The van der Waals surface area contributed by atoms with E-state index in [1.54, 1.807) is 24.4 Å². The third kappa shape index (κ3) is 7.39. The van der Waals surface area contributed by atoms with Gasteiger partial charge in [-0.3, -0.25) is 9.69 Å². The van der Waals surface area contributed by atoms with Gasteiger partial charge in [0, 0.05) is 37.4 Å². The molecule has 1 aromatic heterocycles. The second kappa shape index (κ2) is 13.1. The van der Waals surface area contributed by atoms with Gasteiger partial charge in [0.1, 0.15) is 5.82 Å². The van der Waals surface area contributed by atoms with Gasteiger partial charge < -0.3 is 10.2 Å². The fourth-order valence-corrected chi connectivity index (χ4v) is 6.47. The SMILES string of the molecule is O=C(NCc1ccc(Cl)c(Cl)c1)c1cnc(N2CCC(C3CCN(Cc4ccc(Cl)cc4)CC3)CC2)c(Cl)c1. The monoisotopic (exact) mass is 604 g/mol. The normalized spacial score (nSPS) is 17.4. The number of likely N-dealkylation sites (tertiary alicyclic amines) is 1. The standard InChI is InChI=1S/C30H32Cl4N4O/c31-25-4-1-20(2-5-25)19-37-11-7-22(8-12-37)23-9-13-38(14-10-23)29-28(34)16-24(18-35-29)30(39)36-17-21-3-6-26(32)27(33)15-21/h1-6,15-16,18,22-23H,7-14,17,19H2,(H,36,39). The van der Waals surface area contributed by atoms with Gasteiger partial charge in [-0.15, -0.1) is 0 Å². The van der Waals surface area contributed by atoms with Crippen LogP contribution in [0.15, 0.2) is 54.7 Å². The van der Waals surface area contributed by atoms with E-state index in [-0.39, 0.29) is 5.91 Å². The highest BCUT2D eigenvalue weighted by molar-refractivity contribution is 6.42. The molecule has 2 fully saturated rings. The molecule has 3 aromatic rings. The third-order valence-electron chi connectivity index (χ3n) is 7.98. The van der Waals surface area contributed by atoms with Crippen molar-refractivity contribution in [1.29, 1.82) is 0 Å². The second-order valence-corrected chi connectivity index (χ2v) is 12.2. The van der Waals surface area contributed by atoms with Crippen LogP contribution in [0, 0.1) is 11.8 Å². The molecule has 2 aliphatic rings. The van der Waals surface area contributed by atoms with Gasteiger partial charge in [0.15, 0.2) is 0 Å². The number of nitrogens with one attached hydrogen (secondary N) is 1. The van der Waals surface area contributed by atoms with Crippen LogP contribution in [0.4, 0.5) is 5.82 Å². The Hall–Kier alpha value is -2.02. The van der Waals surface area contributed by atoms with Crippen LogP contribution in [0.5, 0.6) is 0 Å². The van der Waals surface area contributed by atoms with Crippen molar-refractivity contribution in [1.82, 2.24) is 15.2 Å². The Labute approximate surface area is 250 Å². The number of piperidine rings is 2. The lowest BCUT2D eigenvalue weighted by Gasteiger charge is -2.40. The number of carbonyl (C=O) groups is 1. The summed E-state index contributed by atoms with van der Waals surface area (Å²) in [4.78, 5) is 22.1. The average molecular weight is 606 g/mol. The van der Waals surface area contributed by atoms with Gasteiger partial charge in [0.25, 0.3) is 5.91 Å². The molecule has 0 aliphatic carbocycles. The Morgan fingerprint density at radius 1 is 0.795 bits per heavy atom. The van der Waals surface area contributed by atoms with Crippen molar-refractivity contribution in [2.24, 2.45) is 11.8 Å². The molecule has 9 heteroatoms. The summed E-state index contributed by atoms with van der Waals surface area (Å²) in [5, 5.41) is 5.13. The maximum absolute atomic E-state index is 12.7. The first-order valence-electron chi connectivity index (χ1n) is 13.4. The van der Waals surface area contributed by atoms with E-state index in [2.05, 4.69) is 32.2 Å². The van der Waals surface area contributed by atoms with E-state index in [0.29, 0.717) is 27.2 Å². The number of halogens is 4. The van der Waals surface area contributed by atoms with Crippen molar-refractivity contribution in [2.45, 2.75) is 38.8 Å². The molecule has 0 saturated carbocycles. The van der Waals surface area contributed by atoms with Crippen LogP contribution in [0.3, 0.4) is 0 Å². The number of anilines is 1. The van der Waals surface area contributed by atoms with Crippen molar-refractivity contribution >= 4 is 58.1 Å². The number of amides is 1. The Balaban J connectivity index is 1.08. The highest BCUT2D eigenvalue weighted by Crippen LogP contribution is 2.35. The average Bonchev–Trinajstić information content (AvgIpc) is 2.95. The number of nitrogens with zero attached hydrogens (tertiary/aromatic N) is 3. The zero-order valence-electron chi connectivity index (χ0n) is 21.7. The van der Waals surface area contributed by atoms with Crippen LogP contribution >= 0.6 is 46.4 Å². The van der Waals surface area contributed by atoms with Crippen molar-refractivity contribution in [3.8, 4) is 0 Å². The molecule has 2 aromatic carbocycles. The number of hydrogen-bond donors (Lipinski definition) is 1. The highest BCUT2D eigenvalue weighted by Gasteiger charge is 2.30. The summed E-state index contributed by atoms with van der Waals surface area (Å²) in [6.07, 6.45) is 6.40. The minimum absolute atomic E-state index is 0.233. The largest absolute Gasteiger partial charge is 0.355 e. The topological polar surface area (TPSA) is 48.5 Å². The van der Waals surface area contributed by atoms with Gasteiger partial charge in [-0.25, -0.2) is 4.98 Å². The van der Waals surface area contributed by atoms with Crippen molar-refractivity contribution in [2.75, 3.05) is 31.1 Å². The molecule has 0 spiro atoms. The Bertz CT molecular complexity index is 1290.